The first-order chi connectivity index (χ1) is 14.5. The van der Waals surface area contributed by atoms with Gasteiger partial charge in [0.15, 0.2) is 0 Å². The second kappa shape index (κ2) is 10.5. The summed E-state index contributed by atoms with van der Waals surface area (Å²) in [7, 11) is 0. The highest BCUT2D eigenvalue weighted by molar-refractivity contribution is 5.77. The summed E-state index contributed by atoms with van der Waals surface area (Å²) in [5, 5.41) is 5.84. The van der Waals surface area contributed by atoms with Crippen LogP contribution in [0.5, 0.6) is 0 Å². The Bertz CT molecular complexity index is 984. The average Bonchev–Trinajstić information content (AvgIpc) is 3.13. The van der Waals surface area contributed by atoms with E-state index in [0.29, 0.717) is 19.5 Å². The zero-order valence-electron chi connectivity index (χ0n) is 17.1. The number of fused-ring (bicyclic) bond motifs is 1. The Balaban J connectivity index is 1.62. The van der Waals surface area contributed by atoms with E-state index in [9.17, 15) is 14.0 Å². The van der Waals surface area contributed by atoms with Crippen LogP contribution in [0.4, 0.5) is 4.39 Å². The van der Waals surface area contributed by atoms with Crippen molar-refractivity contribution < 1.29 is 14.0 Å². The number of nitrogens with one attached hydrogen (secondary N) is 2. The minimum Gasteiger partial charge on any atom is -0.356 e. The van der Waals surface area contributed by atoms with Crippen molar-refractivity contribution in [3.8, 4) is 0 Å². The Morgan fingerprint density at radius 1 is 1.07 bits per heavy atom. The molecule has 158 valence electrons. The zero-order chi connectivity index (χ0) is 21.3. The number of carbonyl (C=O) groups is 2. The van der Waals surface area contributed by atoms with Crippen molar-refractivity contribution in [2.45, 2.75) is 45.2 Å². The highest BCUT2D eigenvalue weighted by Crippen LogP contribution is 2.20. The number of hydrogen-bond acceptors (Lipinski definition) is 3. The van der Waals surface area contributed by atoms with Gasteiger partial charge in [0.2, 0.25) is 11.8 Å². The number of hydrogen-bond donors (Lipinski definition) is 2. The third kappa shape index (κ3) is 6.14. The molecule has 6 nitrogen and oxygen atoms in total. The van der Waals surface area contributed by atoms with Crippen LogP contribution in [0.2, 0.25) is 0 Å². The molecule has 1 aromatic heterocycles. The van der Waals surface area contributed by atoms with Crippen LogP contribution in [0.1, 0.15) is 44.2 Å². The summed E-state index contributed by atoms with van der Waals surface area (Å²) in [6.45, 7) is 2.62. The molecule has 0 spiro atoms. The van der Waals surface area contributed by atoms with Gasteiger partial charge in [-0.3, -0.25) is 9.59 Å². The zero-order valence-corrected chi connectivity index (χ0v) is 17.1. The highest BCUT2D eigenvalue weighted by atomic mass is 19.1. The smallest absolute Gasteiger partial charge is 0.220 e. The van der Waals surface area contributed by atoms with Crippen LogP contribution in [-0.4, -0.2) is 27.9 Å². The van der Waals surface area contributed by atoms with Crippen LogP contribution in [0, 0.1) is 5.82 Å². The molecule has 1 heterocycles. The van der Waals surface area contributed by atoms with Crippen molar-refractivity contribution in [1.82, 2.24) is 20.2 Å². The van der Waals surface area contributed by atoms with Gasteiger partial charge in [-0.2, -0.15) is 0 Å². The van der Waals surface area contributed by atoms with E-state index in [1.54, 1.807) is 18.5 Å². The van der Waals surface area contributed by atoms with Gasteiger partial charge in [-0.05, 0) is 42.7 Å². The molecular weight excluding hydrogens is 383 g/mol. The maximum Gasteiger partial charge on any atom is 0.220 e. The molecule has 2 N–H and O–H groups in total. The monoisotopic (exact) mass is 410 g/mol. The van der Waals surface area contributed by atoms with Crippen molar-refractivity contribution in [3.63, 3.8) is 0 Å². The van der Waals surface area contributed by atoms with Gasteiger partial charge in [0, 0.05) is 26.4 Å². The normalized spacial score (nSPS) is 11.9. The Labute approximate surface area is 175 Å². The molecule has 1 unspecified atom stereocenters. The van der Waals surface area contributed by atoms with Crippen LogP contribution in [0.25, 0.3) is 11.0 Å². The van der Waals surface area contributed by atoms with Gasteiger partial charge in [0.05, 0.1) is 23.4 Å². The second-order valence-corrected chi connectivity index (χ2v) is 7.35. The fourth-order valence-electron chi connectivity index (χ4n) is 3.40. The summed E-state index contributed by atoms with van der Waals surface area (Å²) in [5.74, 6) is -0.397. The number of unbranched alkanes of at least 4 members (excludes halogenated alkanes) is 2. The molecule has 1 atom stereocenters. The summed E-state index contributed by atoms with van der Waals surface area (Å²) in [6, 6.07) is 13.7. The molecule has 0 aliphatic heterocycles. The van der Waals surface area contributed by atoms with Crippen molar-refractivity contribution in [3.05, 3.63) is 66.2 Å². The minimum atomic E-state index is -0.309. The summed E-state index contributed by atoms with van der Waals surface area (Å²) in [5.41, 5.74) is 2.71. The third-order valence-corrected chi connectivity index (χ3v) is 4.97. The predicted molar refractivity (Wildman–Crippen MR) is 114 cm³/mol. The fourth-order valence-corrected chi connectivity index (χ4v) is 3.40. The third-order valence-electron chi connectivity index (χ3n) is 4.97. The van der Waals surface area contributed by atoms with Crippen molar-refractivity contribution in [2.75, 3.05) is 6.54 Å². The number of amides is 2. The lowest BCUT2D eigenvalue weighted by Gasteiger charge is -2.20. The van der Waals surface area contributed by atoms with Crippen LogP contribution >= 0.6 is 0 Å². The summed E-state index contributed by atoms with van der Waals surface area (Å²) in [6.07, 6.45) is 4.61. The van der Waals surface area contributed by atoms with Gasteiger partial charge in [-0.1, -0.05) is 30.7 Å². The van der Waals surface area contributed by atoms with Crippen LogP contribution in [-0.2, 0) is 16.1 Å². The van der Waals surface area contributed by atoms with Gasteiger partial charge in [-0.15, -0.1) is 0 Å². The number of rotatable bonds is 10. The molecule has 2 aromatic carbocycles. The molecule has 7 heteroatoms. The highest BCUT2D eigenvalue weighted by Gasteiger charge is 2.17. The second-order valence-electron chi connectivity index (χ2n) is 7.35. The number of aromatic nitrogens is 2. The Hall–Kier alpha value is -3.22. The Morgan fingerprint density at radius 2 is 1.83 bits per heavy atom. The van der Waals surface area contributed by atoms with E-state index in [2.05, 4.69) is 15.6 Å². The maximum absolute atomic E-state index is 13.4. The molecule has 3 rings (SSSR count). The molecule has 2 amide bonds. The summed E-state index contributed by atoms with van der Waals surface area (Å²) >= 11 is 0. The topological polar surface area (TPSA) is 76.0 Å². The first kappa shape index (κ1) is 21.5. The van der Waals surface area contributed by atoms with Gasteiger partial charge in [0.25, 0.3) is 0 Å². The van der Waals surface area contributed by atoms with Crippen LogP contribution in [0.15, 0.2) is 54.9 Å². The van der Waals surface area contributed by atoms with E-state index in [1.807, 2.05) is 28.8 Å². The van der Waals surface area contributed by atoms with E-state index in [0.717, 1.165) is 35.9 Å². The molecule has 0 fully saturated rings. The van der Waals surface area contributed by atoms with E-state index >= 15 is 0 Å². The quantitative estimate of drug-likeness (QED) is 0.500. The van der Waals surface area contributed by atoms with Gasteiger partial charge in [-0.25, -0.2) is 9.37 Å². The first-order valence-corrected chi connectivity index (χ1v) is 10.2. The largest absolute Gasteiger partial charge is 0.356 e. The van der Waals surface area contributed by atoms with Gasteiger partial charge in [0.1, 0.15) is 5.82 Å². The molecule has 0 saturated heterocycles. The van der Waals surface area contributed by atoms with Gasteiger partial charge >= 0.3 is 0 Å². The summed E-state index contributed by atoms with van der Waals surface area (Å²) in [4.78, 5) is 27.8. The van der Waals surface area contributed by atoms with Gasteiger partial charge < -0.3 is 15.2 Å². The minimum absolute atomic E-state index is 0.0399. The van der Waals surface area contributed by atoms with E-state index < -0.39 is 0 Å². The number of nitrogens with zero attached hydrogens (tertiary/aromatic N) is 2. The Morgan fingerprint density at radius 3 is 2.60 bits per heavy atom. The van der Waals surface area contributed by atoms with E-state index in [-0.39, 0.29) is 23.7 Å². The standard InChI is InChI=1S/C23H27FN4O2/c1-17(29)25-14-6-2-3-9-23(30)27-21(18-10-12-19(24)13-11-18)15-28-16-26-20-7-4-5-8-22(20)28/h4-5,7-8,10-13,16,21H,2-3,6,9,14-15H2,1H3,(H,25,29)(H,27,30). The number of imidazole rings is 1. The molecule has 0 aliphatic rings. The number of carbonyl (C=O) groups excluding carboxylic acids is 2. The fraction of sp³-hybridized carbons (Fsp3) is 0.348. The number of para-hydroxylation sites is 2. The molecule has 0 aliphatic carbocycles. The lowest BCUT2D eigenvalue weighted by atomic mass is 10.1. The van der Waals surface area contributed by atoms with Crippen molar-refractivity contribution in [2.24, 2.45) is 0 Å². The number of benzene rings is 2. The van der Waals surface area contributed by atoms with Crippen LogP contribution < -0.4 is 10.6 Å². The lowest BCUT2D eigenvalue weighted by molar-refractivity contribution is -0.122. The molecule has 0 radical (unpaired) electrons. The molecule has 3 aromatic rings. The molecular formula is C23H27FN4O2. The van der Waals surface area contributed by atoms with Crippen LogP contribution in [0.3, 0.4) is 0 Å². The number of halogens is 1. The first-order valence-electron chi connectivity index (χ1n) is 10.2. The lowest BCUT2D eigenvalue weighted by Crippen LogP contribution is -2.31. The average molecular weight is 410 g/mol. The van der Waals surface area contributed by atoms with E-state index in [4.69, 9.17) is 0 Å². The Kier molecular flexibility index (Phi) is 7.54. The van der Waals surface area contributed by atoms with Crippen molar-refractivity contribution in [1.29, 1.82) is 0 Å². The molecule has 0 bridgehead atoms. The van der Waals surface area contributed by atoms with Crippen molar-refractivity contribution >= 4 is 22.8 Å². The predicted octanol–water partition coefficient (Wildman–Crippen LogP) is 3.73. The maximum atomic E-state index is 13.4. The molecule has 30 heavy (non-hydrogen) atoms. The summed E-state index contributed by atoms with van der Waals surface area (Å²) < 4.78 is 15.4. The SMILES string of the molecule is CC(=O)NCCCCCC(=O)NC(Cn1cnc2ccccc21)c1ccc(F)cc1. The van der Waals surface area contributed by atoms with E-state index in [1.165, 1.54) is 19.1 Å². The molecule has 0 saturated carbocycles.